The van der Waals surface area contributed by atoms with Crippen molar-refractivity contribution in [1.29, 1.82) is 0 Å². The van der Waals surface area contributed by atoms with E-state index in [1.807, 2.05) is 18.5 Å². The smallest absolute Gasteiger partial charge is 0.179 e. The maximum absolute atomic E-state index is 4.82. The first kappa shape index (κ1) is 14.6. The van der Waals surface area contributed by atoms with Crippen LogP contribution in [0, 0.1) is 12.3 Å². The van der Waals surface area contributed by atoms with Gasteiger partial charge in [0.25, 0.3) is 0 Å². The lowest BCUT2D eigenvalue weighted by Crippen LogP contribution is -2.34. The Balaban J connectivity index is 2.00. The van der Waals surface area contributed by atoms with E-state index < -0.39 is 0 Å². The number of nitrogens with one attached hydrogen (secondary N) is 1. The molecule has 21 heavy (non-hydrogen) atoms. The van der Waals surface area contributed by atoms with E-state index in [2.05, 4.69) is 36.1 Å². The van der Waals surface area contributed by atoms with Gasteiger partial charge in [-0.05, 0) is 31.7 Å². The van der Waals surface area contributed by atoms with E-state index in [1.54, 1.807) is 11.3 Å². The summed E-state index contributed by atoms with van der Waals surface area (Å²) in [6, 6.07) is 0.361. The van der Waals surface area contributed by atoms with Crippen molar-refractivity contribution in [2.45, 2.75) is 46.6 Å². The molecule has 0 saturated heterocycles. The molecule has 0 fully saturated rings. The number of nitrogens with zero attached hydrogens (tertiary/aromatic N) is 3. The molecule has 1 atom stereocenters. The number of hydrogen-bond acceptors (Lipinski definition) is 5. The van der Waals surface area contributed by atoms with Crippen LogP contribution in [0.5, 0.6) is 0 Å². The third-order valence-corrected chi connectivity index (χ3v) is 4.75. The number of rotatable bonds is 3. The molecule has 3 rings (SSSR count). The Bertz CT molecular complexity index is 647. The fourth-order valence-electron chi connectivity index (χ4n) is 3.07. The van der Waals surface area contributed by atoms with Gasteiger partial charge in [-0.15, -0.1) is 11.3 Å². The summed E-state index contributed by atoms with van der Waals surface area (Å²) < 4.78 is 0. The molecule has 0 saturated carbocycles. The number of thiazole rings is 1. The first-order valence-corrected chi connectivity index (χ1v) is 8.38. The molecule has 0 spiro atoms. The van der Waals surface area contributed by atoms with E-state index in [1.165, 1.54) is 11.3 Å². The minimum atomic E-state index is 0.267. The van der Waals surface area contributed by atoms with Crippen molar-refractivity contribution in [2.75, 3.05) is 6.54 Å². The number of hydrogen-bond donors (Lipinski definition) is 1. The summed E-state index contributed by atoms with van der Waals surface area (Å²) in [7, 11) is 0. The van der Waals surface area contributed by atoms with Crippen molar-refractivity contribution in [1.82, 2.24) is 20.3 Å². The minimum Gasteiger partial charge on any atom is -0.310 e. The van der Waals surface area contributed by atoms with Gasteiger partial charge in [-0.2, -0.15) is 0 Å². The summed E-state index contributed by atoms with van der Waals surface area (Å²) in [5.41, 5.74) is 3.59. The first-order chi connectivity index (χ1) is 9.98. The molecule has 2 aromatic heterocycles. The first-order valence-electron chi connectivity index (χ1n) is 7.50. The normalized spacial score (nSPS) is 20.3. The van der Waals surface area contributed by atoms with Gasteiger partial charge in [0.15, 0.2) is 5.82 Å². The zero-order valence-electron chi connectivity index (χ0n) is 13.1. The molecule has 0 bridgehead atoms. The molecule has 2 aromatic rings. The van der Waals surface area contributed by atoms with Crippen molar-refractivity contribution in [2.24, 2.45) is 5.41 Å². The fraction of sp³-hybridized carbons (Fsp3) is 0.562. The summed E-state index contributed by atoms with van der Waals surface area (Å²) in [5.74, 6) is 0.756. The second kappa shape index (κ2) is 5.46. The topological polar surface area (TPSA) is 50.7 Å². The Kier molecular flexibility index (Phi) is 3.80. The Hall–Kier alpha value is -1.33. The predicted molar refractivity (Wildman–Crippen MR) is 86.4 cm³/mol. The second-order valence-corrected chi connectivity index (χ2v) is 7.57. The second-order valence-electron chi connectivity index (χ2n) is 6.50. The summed E-state index contributed by atoms with van der Waals surface area (Å²) in [5, 5.41) is 6.65. The van der Waals surface area contributed by atoms with Crippen molar-refractivity contribution in [3.63, 3.8) is 0 Å². The number of aryl methyl sites for hydroxylation is 1. The highest BCUT2D eigenvalue weighted by atomic mass is 32.1. The standard InChI is InChI=1S/C16H22N4S/c1-5-17-12-6-16(3,4)7-13-11(12)8-18-15(20-13)14-9-21-10(2)19-14/h8-9,12,17H,5-7H2,1-4H3. The predicted octanol–water partition coefficient (Wildman–Crippen LogP) is 3.53. The van der Waals surface area contributed by atoms with Crippen LogP contribution in [0.1, 0.15) is 49.5 Å². The minimum absolute atomic E-state index is 0.267. The van der Waals surface area contributed by atoms with Crippen LogP contribution in [0.4, 0.5) is 0 Å². The molecule has 0 amide bonds. The molecule has 1 unspecified atom stereocenters. The third-order valence-electron chi connectivity index (χ3n) is 3.98. The highest BCUT2D eigenvalue weighted by Gasteiger charge is 2.33. The van der Waals surface area contributed by atoms with E-state index >= 15 is 0 Å². The van der Waals surface area contributed by atoms with Crippen LogP contribution in [0.15, 0.2) is 11.6 Å². The van der Waals surface area contributed by atoms with Gasteiger partial charge in [-0.25, -0.2) is 15.0 Å². The van der Waals surface area contributed by atoms with E-state index in [0.29, 0.717) is 6.04 Å². The lowest BCUT2D eigenvalue weighted by molar-refractivity contribution is 0.255. The lowest BCUT2D eigenvalue weighted by atomic mass is 9.74. The van der Waals surface area contributed by atoms with E-state index in [4.69, 9.17) is 4.98 Å². The number of aromatic nitrogens is 3. The van der Waals surface area contributed by atoms with Gasteiger partial charge in [0.05, 0.1) is 5.01 Å². The zero-order valence-corrected chi connectivity index (χ0v) is 13.9. The fourth-order valence-corrected chi connectivity index (χ4v) is 3.66. The van der Waals surface area contributed by atoms with E-state index in [-0.39, 0.29) is 5.41 Å². The van der Waals surface area contributed by atoms with Crippen LogP contribution in [-0.2, 0) is 6.42 Å². The van der Waals surface area contributed by atoms with Crippen LogP contribution in [-0.4, -0.2) is 21.5 Å². The maximum Gasteiger partial charge on any atom is 0.179 e. The lowest BCUT2D eigenvalue weighted by Gasteiger charge is -2.36. The molecule has 4 nitrogen and oxygen atoms in total. The van der Waals surface area contributed by atoms with Gasteiger partial charge in [-0.3, -0.25) is 0 Å². The summed E-state index contributed by atoms with van der Waals surface area (Å²) in [4.78, 5) is 13.9. The van der Waals surface area contributed by atoms with Crippen LogP contribution >= 0.6 is 11.3 Å². The van der Waals surface area contributed by atoms with Gasteiger partial charge in [0, 0.05) is 28.9 Å². The van der Waals surface area contributed by atoms with E-state index in [0.717, 1.165) is 35.9 Å². The molecular formula is C16H22N4S. The van der Waals surface area contributed by atoms with Gasteiger partial charge < -0.3 is 5.32 Å². The average Bonchev–Trinajstić information content (AvgIpc) is 2.84. The van der Waals surface area contributed by atoms with Crippen molar-refractivity contribution >= 4 is 11.3 Å². The third kappa shape index (κ3) is 2.99. The molecule has 0 radical (unpaired) electrons. The summed E-state index contributed by atoms with van der Waals surface area (Å²) in [6.45, 7) is 9.75. The van der Waals surface area contributed by atoms with Gasteiger partial charge in [0.2, 0.25) is 0 Å². The Labute approximate surface area is 130 Å². The SMILES string of the molecule is CCNC1CC(C)(C)Cc2nc(-c3csc(C)n3)ncc21. The Morgan fingerprint density at radius 1 is 1.38 bits per heavy atom. The molecule has 112 valence electrons. The van der Waals surface area contributed by atoms with Gasteiger partial charge in [0.1, 0.15) is 5.69 Å². The molecule has 1 aliphatic carbocycles. The quantitative estimate of drug-likeness (QED) is 0.942. The molecule has 0 aliphatic heterocycles. The molecule has 1 N–H and O–H groups in total. The van der Waals surface area contributed by atoms with Crippen LogP contribution in [0.2, 0.25) is 0 Å². The largest absolute Gasteiger partial charge is 0.310 e. The number of fused-ring (bicyclic) bond motifs is 1. The van der Waals surface area contributed by atoms with Crippen molar-refractivity contribution in [3.8, 4) is 11.5 Å². The van der Waals surface area contributed by atoms with Crippen LogP contribution in [0.25, 0.3) is 11.5 Å². The highest BCUT2D eigenvalue weighted by Crippen LogP contribution is 2.40. The van der Waals surface area contributed by atoms with Gasteiger partial charge >= 0.3 is 0 Å². The van der Waals surface area contributed by atoms with Crippen LogP contribution in [0.3, 0.4) is 0 Å². The zero-order chi connectivity index (χ0) is 15.0. The Morgan fingerprint density at radius 2 is 2.19 bits per heavy atom. The molecular weight excluding hydrogens is 280 g/mol. The monoisotopic (exact) mass is 302 g/mol. The molecule has 2 heterocycles. The average molecular weight is 302 g/mol. The van der Waals surface area contributed by atoms with Crippen molar-refractivity contribution < 1.29 is 0 Å². The van der Waals surface area contributed by atoms with Crippen molar-refractivity contribution in [3.05, 3.63) is 27.8 Å². The summed E-state index contributed by atoms with van der Waals surface area (Å²) >= 11 is 1.64. The summed E-state index contributed by atoms with van der Waals surface area (Å²) in [6.07, 6.45) is 4.13. The highest BCUT2D eigenvalue weighted by molar-refractivity contribution is 7.09. The van der Waals surface area contributed by atoms with E-state index in [9.17, 15) is 0 Å². The van der Waals surface area contributed by atoms with Gasteiger partial charge in [-0.1, -0.05) is 20.8 Å². The molecule has 5 heteroatoms. The maximum atomic E-state index is 4.82. The Morgan fingerprint density at radius 3 is 2.86 bits per heavy atom. The van der Waals surface area contributed by atoms with Crippen LogP contribution < -0.4 is 5.32 Å². The molecule has 0 aromatic carbocycles. The molecule has 1 aliphatic rings.